The summed E-state index contributed by atoms with van der Waals surface area (Å²) in [4.78, 5) is 33.7. The van der Waals surface area contributed by atoms with Gasteiger partial charge < -0.3 is 4.74 Å². The van der Waals surface area contributed by atoms with Gasteiger partial charge in [-0.05, 0) is 37.6 Å². The van der Waals surface area contributed by atoms with Gasteiger partial charge in [-0.25, -0.2) is 4.79 Å². The number of ether oxygens (including phenoxy) is 1. The zero-order valence-corrected chi connectivity index (χ0v) is 10.8. The van der Waals surface area contributed by atoms with Crippen molar-refractivity contribution in [3.63, 3.8) is 0 Å². The first-order valence-electron chi connectivity index (χ1n) is 5.62. The van der Waals surface area contributed by atoms with Gasteiger partial charge in [0.05, 0.1) is 5.57 Å². The fourth-order valence-electron chi connectivity index (χ4n) is 1.44. The molecule has 0 heterocycles. The van der Waals surface area contributed by atoms with Crippen LogP contribution in [0.1, 0.15) is 19.4 Å². The summed E-state index contributed by atoms with van der Waals surface area (Å²) in [5, 5.41) is 0. The van der Waals surface area contributed by atoms with Gasteiger partial charge in [-0.15, -0.1) is 0 Å². The van der Waals surface area contributed by atoms with Crippen LogP contribution in [0.4, 0.5) is 0 Å². The fraction of sp³-hybridized carbons (Fsp3) is 0.133. The van der Waals surface area contributed by atoms with E-state index in [1.807, 2.05) is 0 Å². The molecule has 19 heavy (non-hydrogen) atoms. The third-order valence-corrected chi connectivity index (χ3v) is 2.31. The summed E-state index contributed by atoms with van der Waals surface area (Å²) < 4.78 is 4.95. The monoisotopic (exact) mass is 258 g/mol. The molecule has 0 spiro atoms. The fourth-order valence-corrected chi connectivity index (χ4v) is 1.44. The number of Topliss-reactive ketones (excluding diaryl/α,β-unsaturated/α-hetero) is 2. The van der Waals surface area contributed by atoms with E-state index in [-0.39, 0.29) is 17.1 Å². The van der Waals surface area contributed by atoms with Gasteiger partial charge in [-0.1, -0.05) is 18.7 Å². The van der Waals surface area contributed by atoms with E-state index < -0.39 is 5.97 Å². The van der Waals surface area contributed by atoms with Gasteiger partial charge >= 0.3 is 5.97 Å². The molecule has 0 radical (unpaired) electrons. The highest BCUT2D eigenvalue weighted by atomic mass is 16.5. The Labute approximate surface area is 111 Å². The van der Waals surface area contributed by atoms with Gasteiger partial charge in [0.1, 0.15) is 5.75 Å². The minimum atomic E-state index is -0.570. The zero-order chi connectivity index (χ0) is 14.4. The van der Waals surface area contributed by atoms with Crippen LogP contribution in [0.15, 0.2) is 42.5 Å². The number of carbonyl (C=O) groups is 3. The molecule has 1 aromatic carbocycles. The number of ketones is 2. The van der Waals surface area contributed by atoms with Crippen LogP contribution in [0.2, 0.25) is 0 Å². The minimum Gasteiger partial charge on any atom is -0.423 e. The van der Waals surface area contributed by atoms with Crippen LogP contribution < -0.4 is 4.74 Å². The Morgan fingerprint density at radius 2 is 1.79 bits per heavy atom. The van der Waals surface area contributed by atoms with Crippen molar-refractivity contribution < 1.29 is 19.1 Å². The number of carbonyl (C=O) groups excluding carboxylic acids is 3. The Bertz CT molecular complexity index is 551. The predicted octanol–water partition coefficient (Wildman–Crippen LogP) is 2.34. The Hall–Kier alpha value is -2.49. The van der Waals surface area contributed by atoms with E-state index in [9.17, 15) is 14.4 Å². The SMILES string of the molecule is C=CC(=O)Oc1cccc(C=C(C(C)=O)C(C)=O)c1. The van der Waals surface area contributed by atoms with Gasteiger partial charge in [0, 0.05) is 6.08 Å². The molecule has 0 aliphatic rings. The normalized spacial score (nSPS) is 9.37. The van der Waals surface area contributed by atoms with Crippen LogP contribution in [0, 0.1) is 0 Å². The Kier molecular flexibility index (Phi) is 4.94. The van der Waals surface area contributed by atoms with Crippen molar-refractivity contribution in [3.05, 3.63) is 48.1 Å². The summed E-state index contributed by atoms with van der Waals surface area (Å²) in [6.45, 7) is 5.95. The molecule has 0 aromatic heterocycles. The molecule has 0 N–H and O–H groups in total. The zero-order valence-electron chi connectivity index (χ0n) is 10.8. The number of benzene rings is 1. The van der Waals surface area contributed by atoms with Crippen LogP contribution in [0.3, 0.4) is 0 Å². The first kappa shape index (κ1) is 14.6. The smallest absolute Gasteiger partial charge is 0.335 e. The second-order valence-electron chi connectivity index (χ2n) is 3.87. The molecular formula is C15H14O4. The molecule has 0 aliphatic heterocycles. The molecule has 4 heteroatoms. The predicted molar refractivity (Wildman–Crippen MR) is 71.6 cm³/mol. The Morgan fingerprint density at radius 1 is 1.16 bits per heavy atom. The third-order valence-electron chi connectivity index (χ3n) is 2.31. The molecule has 0 amide bonds. The summed E-state index contributed by atoms with van der Waals surface area (Å²) in [7, 11) is 0. The number of hydrogen-bond donors (Lipinski definition) is 0. The van der Waals surface area contributed by atoms with Gasteiger partial charge in [-0.2, -0.15) is 0 Å². The summed E-state index contributed by atoms with van der Waals surface area (Å²) >= 11 is 0. The first-order valence-corrected chi connectivity index (χ1v) is 5.62. The molecule has 0 saturated carbocycles. The van der Waals surface area contributed by atoms with Crippen molar-refractivity contribution in [1.29, 1.82) is 0 Å². The molecule has 0 bridgehead atoms. The van der Waals surface area contributed by atoms with Gasteiger partial charge in [0.2, 0.25) is 0 Å². The lowest BCUT2D eigenvalue weighted by molar-refractivity contribution is -0.129. The first-order chi connectivity index (χ1) is 8.93. The maximum atomic E-state index is 11.3. The quantitative estimate of drug-likeness (QED) is 0.267. The summed E-state index contributed by atoms with van der Waals surface area (Å²) in [5.74, 6) is -0.855. The Morgan fingerprint density at radius 3 is 2.32 bits per heavy atom. The largest absolute Gasteiger partial charge is 0.423 e. The van der Waals surface area contributed by atoms with E-state index >= 15 is 0 Å². The van der Waals surface area contributed by atoms with Gasteiger partial charge in [-0.3, -0.25) is 9.59 Å². The molecule has 0 saturated heterocycles. The van der Waals surface area contributed by atoms with Crippen LogP contribution in [0.5, 0.6) is 5.75 Å². The van der Waals surface area contributed by atoms with E-state index in [4.69, 9.17) is 4.74 Å². The highest BCUT2D eigenvalue weighted by molar-refractivity contribution is 6.21. The number of hydrogen-bond acceptors (Lipinski definition) is 4. The maximum absolute atomic E-state index is 11.3. The highest BCUT2D eigenvalue weighted by Crippen LogP contribution is 2.17. The molecule has 0 unspecified atom stereocenters. The highest BCUT2D eigenvalue weighted by Gasteiger charge is 2.09. The number of esters is 1. The van der Waals surface area contributed by atoms with E-state index in [2.05, 4.69) is 6.58 Å². The number of rotatable bonds is 5. The van der Waals surface area contributed by atoms with Crippen molar-refractivity contribution in [2.24, 2.45) is 0 Å². The van der Waals surface area contributed by atoms with Crippen molar-refractivity contribution in [2.75, 3.05) is 0 Å². The van der Waals surface area contributed by atoms with Gasteiger partial charge in [0.15, 0.2) is 11.6 Å². The van der Waals surface area contributed by atoms with E-state index in [0.717, 1.165) is 6.08 Å². The van der Waals surface area contributed by atoms with Crippen LogP contribution in [0.25, 0.3) is 6.08 Å². The molecule has 0 aliphatic carbocycles. The summed E-state index contributed by atoms with van der Waals surface area (Å²) in [6, 6.07) is 6.53. The van der Waals surface area contributed by atoms with Crippen molar-refractivity contribution in [3.8, 4) is 5.75 Å². The van der Waals surface area contributed by atoms with Crippen molar-refractivity contribution >= 4 is 23.6 Å². The molecule has 0 fully saturated rings. The van der Waals surface area contributed by atoms with E-state index in [1.54, 1.807) is 24.3 Å². The van der Waals surface area contributed by atoms with Crippen LogP contribution >= 0.6 is 0 Å². The van der Waals surface area contributed by atoms with E-state index in [0.29, 0.717) is 11.3 Å². The second-order valence-corrected chi connectivity index (χ2v) is 3.87. The average molecular weight is 258 g/mol. The Balaban J connectivity index is 3.08. The van der Waals surface area contributed by atoms with Gasteiger partial charge in [0.25, 0.3) is 0 Å². The molecule has 4 nitrogen and oxygen atoms in total. The lowest BCUT2D eigenvalue weighted by Gasteiger charge is -2.03. The van der Waals surface area contributed by atoms with E-state index in [1.165, 1.54) is 19.9 Å². The lowest BCUT2D eigenvalue weighted by Crippen LogP contribution is -2.06. The molecule has 98 valence electrons. The molecule has 0 atom stereocenters. The standard InChI is InChI=1S/C15H14O4/c1-4-15(18)19-13-7-5-6-12(8-13)9-14(10(2)16)11(3)17/h4-9H,1H2,2-3H3. The summed E-state index contributed by atoms with van der Waals surface area (Å²) in [5.41, 5.74) is 0.710. The minimum absolute atomic E-state index is 0.104. The maximum Gasteiger partial charge on any atom is 0.335 e. The van der Waals surface area contributed by atoms with Crippen LogP contribution in [-0.4, -0.2) is 17.5 Å². The lowest BCUT2D eigenvalue weighted by atomic mass is 10.0. The van der Waals surface area contributed by atoms with Crippen molar-refractivity contribution in [2.45, 2.75) is 13.8 Å². The molecule has 1 rings (SSSR count). The molecular weight excluding hydrogens is 244 g/mol. The van der Waals surface area contributed by atoms with Crippen molar-refractivity contribution in [1.82, 2.24) is 0 Å². The topological polar surface area (TPSA) is 60.4 Å². The summed E-state index contributed by atoms with van der Waals surface area (Å²) in [6.07, 6.45) is 2.52. The average Bonchev–Trinajstić information content (AvgIpc) is 2.35. The second kappa shape index (κ2) is 6.44. The molecule has 1 aromatic rings. The number of allylic oxidation sites excluding steroid dienone is 1. The third kappa shape index (κ3) is 4.35. The van der Waals surface area contributed by atoms with Crippen LogP contribution in [-0.2, 0) is 14.4 Å².